The Morgan fingerprint density at radius 2 is 1.60 bits per heavy atom. The zero-order chi connectivity index (χ0) is 17.9. The molecule has 5 nitrogen and oxygen atoms in total. The van der Waals surface area contributed by atoms with Gasteiger partial charge in [0.15, 0.2) is 11.5 Å². The average Bonchev–Trinajstić information content (AvgIpc) is 2.64. The molecule has 0 bridgehead atoms. The Morgan fingerprint density at radius 3 is 2.32 bits per heavy atom. The van der Waals surface area contributed by atoms with Gasteiger partial charge in [-0.25, -0.2) is 0 Å². The number of hydrogen-bond donors (Lipinski definition) is 1. The van der Waals surface area contributed by atoms with Crippen LogP contribution in [0.15, 0.2) is 53.0 Å². The molecule has 2 aromatic rings. The standard InChI is InChI=1S/C19H22BrNO4/c1-23-17-9-4-5-10-18(17)25-14-12-21-19(22)11-6-13-24-16-8-3-2-7-15(16)20/h2-5,7-10H,6,11-14H2,1H3,(H,21,22). The Hall–Kier alpha value is -2.21. The maximum absolute atomic E-state index is 11.8. The molecule has 6 heteroatoms. The van der Waals surface area contributed by atoms with E-state index < -0.39 is 0 Å². The van der Waals surface area contributed by atoms with Gasteiger partial charge in [0, 0.05) is 6.42 Å². The third-order valence-corrected chi connectivity index (χ3v) is 4.05. The number of nitrogens with one attached hydrogen (secondary N) is 1. The molecule has 134 valence electrons. The zero-order valence-corrected chi connectivity index (χ0v) is 15.8. The molecule has 1 N–H and O–H groups in total. The molecule has 2 rings (SSSR count). The number of para-hydroxylation sites is 3. The first-order valence-electron chi connectivity index (χ1n) is 8.10. The number of methoxy groups -OCH3 is 1. The molecule has 0 saturated heterocycles. The second-order valence-electron chi connectivity index (χ2n) is 5.23. The first kappa shape index (κ1) is 19.1. The summed E-state index contributed by atoms with van der Waals surface area (Å²) in [7, 11) is 1.60. The van der Waals surface area contributed by atoms with Gasteiger partial charge in [-0.2, -0.15) is 0 Å². The smallest absolute Gasteiger partial charge is 0.220 e. The maximum Gasteiger partial charge on any atom is 0.220 e. The number of halogens is 1. The predicted molar refractivity (Wildman–Crippen MR) is 100 cm³/mol. The number of carbonyl (C=O) groups is 1. The van der Waals surface area contributed by atoms with Crippen molar-refractivity contribution in [1.82, 2.24) is 5.32 Å². The van der Waals surface area contributed by atoms with Crippen LogP contribution in [-0.4, -0.2) is 32.8 Å². The van der Waals surface area contributed by atoms with Crippen molar-refractivity contribution in [2.24, 2.45) is 0 Å². The van der Waals surface area contributed by atoms with Gasteiger partial charge in [0.1, 0.15) is 12.4 Å². The van der Waals surface area contributed by atoms with Gasteiger partial charge in [0.25, 0.3) is 0 Å². The molecular formula is C19H22BrNO4. The SMILES string of the molecule is COc1ccccc1OCCNC(=O)CCCOc1ccccc1Br. The van der Waals surface area contributed by atoms with Crippen molar-refractivity contribution in [2.75, 3.05) is 26.9 Å². The normalized spacial score (nSPS) is 10.2. The molecule has 0 spiro atoms. The van der Waals surface area contributed by atoms with Crippen LogP contribution in [0.1, 0.15) is 12.8 Å². The fourth-order valence-electron chi connectivity index (χ4n) is 2.15. The molecule has 0 aliphatic heterocycles. The number of rotatable bonds is 10. The first-order valence-corrected chi connectivity index (χ1v) is 8.90. The highest BCUT2D eigenvalue weighted by Gasteiger charge is 2.05. The van der Waals surface area contributed by atoms with Gasteiger partial charge in [-0.1, -0.05) is 24.3 Å². The lowest BCUT2D eigenvalue weighted by atomic mass is 10.3. The molecule has 0 aromatic heterocycles. The van der Waals surface area contributed by atoms with Crippen LogP contribution in [0, 0.1) is 0 Å². The van der Waals surface area contributed by atoms with Crippen molar-refractivity contribution in [3.05, 3.63) is 53.0 Å². The highest BCUT2D eigenvalue weighted by Crippen LogP contribution is 2.25. The highest BCUT2D eigenvalue weighted by molar-refractivity contribution is 9.10. The summed E-state index contributed by atoms with van der Waals surface area (Å²) in [6.07, 6.45) is 1.07. The van der Waals surface area contributed by atoms with Crippen LogP contribution in [0.2, 0.25) is 0 Å². The van der Waals surface area contributed by atoms with Gasteiger partial charge >= 0.3 is 0 Å². The lowest BCUT2D eigenvalue weighted by molar-refractivity contribution is -0.121. The van der Waals surface area contributed by atoms with E-state index in [0.29, 0.717) is 44.1 Å². The van der Waals surface area contributed by atoms with E-state index in [1.54, 1.807) is 7.11 Å². The molecule has 0 aliphatic rings. The van der Waals surface area contributed by atoms with E-state index in [1.807, 2.05) is 48.5 Å². The van der Waals surface area contributed by atoms with Crippen molar-refractivity contribution < 1.29 is 19.0 Å². The predicted octanol–water partition coefficient (Wildman–Crippen LogP) is 3.81. The number of carbonyl (C=O) groups excluding carboxylic acids is 1. The topological polar surface area (TPSA) is 56.8 Å². The average molecular weight is 408 g/mol. The van der Waals surface area contributed by atoms with E-state index in [1.165, 1.54) is 0 Å². The molecule has 25 heavy (non-hydrogen) atoms. The maximum atomic E-state index is 11.8. The Morgan fingerprint density at radius 1 is 0.960 bits per heavy atom. The third-order valence-electron chi connectivity index (χ3n) is 3.39. The van der Waals surface area contributed by atoms with E-state index in [-0.39, 0.29) is 5.91 Å². The molecule has 0 radical (unpaired) electrons. The summed E-state index contributed by atoms with van der Waals surface area (Å²) in [4.78, 5) is 11.8. The van der Waals surface area contributed by atoms with E-state index in [4.69, 9.17) is 14.2 Å². The largest absolute Gasteiger partial charge is 0.493 e. The highest BCUT2D eigenvalue weighted by atomic mass is 79.9. The van der Waals surface area contributed by atoms with Gasteiger partial charge in [-0.3, -0.25) is 4.79 Å². The summed E-state index contributed by atoms with van der Waals surface area (Å²) in [5.74, 6) is 2.12. The molecule has 0 heterocycles. The fourth-order valence-corrected chi connectivity index (χ4v) is 2.55. The van der Waals surface area contributed by atoms with E-state index in [0.717, 1.165) is 10.2 Å². The molecule has 0 fully saturated rings. The van der Waals surface area contributed by atoms with Crippen LogP contribution in [-0.2, 0) is 4.79 Å². The lowest BCUT2D eigenvalue weighted by Gasteiger charge is -2.11. The second kappa shape index (κ2) is 10.6. The summed E-state index contributed by atoms with van der Waals surface area (Å²) in [6, 6.07) is 15.1. The van der Waals surface area contributed by atoms with Crippen molar-refractivity contribution in [3.63, 3.8) is 0 Å². The number of amides is 1. The van der Waals surface area contributed by atoms with Crippen LogP contribution >= 0.6 is 15.9 Å². The van der Waals surface area contributed by atoms with E-state index in [9.17, 15) is 4.79 Å². The molecule has 0 saturated carbocycles. The van der Waals surface area contributed by atoms with Crippen LogP contribution < -0.4 is 19.5 Å². The van der Waals surface area contributed by atoms with Crippen molar-refractivity contribution in [3.8, 4) is 17.2 Å². The van der Waals surface area contributed by atoms with Gasteiger partial charge in [0.05, 0.1) is 24.7 Å². The molecular weight excluding hydrogens is 386 g/mol. The quantitative estimate of drug-likeness (QED) is 0.608. The summed E-state index contributed by atoms with van der Waals surface area (Å²) in [6.45, 7) is 1.33. The fraction of sp³-hybridized carbons (Fsp3) is 0.316. The third kappa shape index (κ3) is 6.66. The summed E-state index contributed by atoms with van der Waals surface area (Å²) < 4.78 is 17.4. The zero-order valence-electron chi connectivity index (χ0n) is 14.2. The number of ether oxygens (including phenoxy) is 3. The second-order valence-corrected chi connectivity index (χ2v) is 6.09. The summed E-state index contributed by atoms with van der Waals surface area (Å²) in [5, 5.41) is 2.83. The Kier molecular flexibility index (Phi) is 8.12. The van der Waals surface area contributed by atoms with Gasteiger partial charge in [0.2, 0.25) is 5.91 Å². The van der Waals surface area contributed by atoms with Crippen LogP contribution in [0.3, 0.4) is 0 Å². The van der Waals surface area contributed by atoms with Crippen LogP contribution in [0.4, 0.5) is 0 Å². The number of benzene rings is 2. The van der Waals surface area contributed by atoms with Crippen LogP contribution in [0.25, 0.3) is 0 Å². The van der Waals surface area contributed by atoms with Crippen molar-refractivity contribution in [1.29, 1.82) is 0 Å². The molecule has 0 atom stereocenters. The Labute approximate surface area is 156 Å². The minimum absolute atomic E-state index is 0.0145. The molecule has 2 aromatic carbocycles. The van der Waals surface area contributed by atoms with E-state index >= 15 is 0 Å². The van der Waals surface area contributed by atoms with Crippen molar-refractivity contribution >= 4 is 21.8 Å². The monoisotopic (exact) mass is 407 g/mol. The van der Waals surface area contributed by atoms with E-state index in [2.05, 4.69) is 21.2 Å². The van der Waals surface area contributed by atoms with Gasteiger partial charge in [-0.05, 0) is 46.6 Å². The first-order chi connectivity index (χ1) is 12.2. The van der Waals surface area contributed by atoms with Crippen LogP contribution in [0.5, 0.6) is 17.2 Å². The lowest BCUT2D eigenvalue weighted by Crippen LogP contribution is -2.28. The summed E-state index contributed by atoms with van der Waals surface area (Å²) in [5.41, 5.74) is 0. The minimum atomic E-state index is -0.0145. The Bertz CT molecular complexity index is 678. The minimum Gasteiger partial charge on any atom is -0.493 e. The van der Waals surface area contributed by atoms with Gasteiger partial charge < -0.3 is 19.5 Å². The number of hydrogen-bond acceptors (Lipinski definition) is 4. The van der Waals surface area contributed by atoms with Gasteiger partial charge in [-0.15, -0.1) is 0 Å². The summed E-state index contributed by atoms with van der Waals surface area (Å²) >= 11 is 3.42. The molecule has 1 amide bonds. The Balaban J connectivity index is 1.57. The molecule has 0 unspecified atom stereocenters. The molecule has 0 aliphatic carbocycles. The van der Waals surface area contributed by atoms with Crippen molar-refractivity contribution in [2.45, 2.75) is 12.8 Å².